The van der Waals surface area contributed by atoms with Gasteiger partial charge in [0, 0.05) is 31.0 Å². The first-order valence-corrected chi connectivity index (χ1v) is 5.74. The van der Waals surface area contributed by atoms with Gasteiger partial charge in [-0.1, -0.05) is 0 Å². The summed E-state index contributed by atoms with van der Waals surface area (Å²) in [7, 11) is 1.65. The maximum Gasteiger partial charge on any atom is 0.176 e. The first kappa shape index (κ1) is 9.65. The molecule has 0 bridgehead atoms. The molecular formula is C10H13NO2S. The molecule has 0 aromatic carbocycles. The third kappa shape index (κ3) is 1.43. The van der Waals surface area contributed by atoms with Crippen LogP contribution in [0.15, 0.2) is 6.07 Å². The average molecular weight is 211 g/mol. The smallest absolute Gasteiger partial charge is 0.176 e. The van der Waals surface area contributed by atoms with Crippen LogP contribution in [0.25, 0.3) is 0 Å². The maximum atomic E-state index is 11.4. The summed E-state index contributed by atoms with van der Waals surface area (Å²) in [4.78, 5) is 11.4. The number of hydrogen-bond acceptors (Lipinski definition) is 3. The van der Waals surface area contributed by atoms with Crippen molar-refractivity contribution in [2.75, 3.05) is 12.9 Å². The second-order valence-corrected chi connectivity index (χ2v) is 4.41. The van der Waals surface area contributed by atoms with E-state index in [-0.39, 0.29) is 5.78 Å². The van der Waals surface area contributed by atoms with Gasteiger partial charge < -0.3 is 9.30 Å². The van der Waals surface area contributed by atoms with Crippen molar-refractivity contribution in [3.05, 3.63) is 17.5 Å². The van der Waals surface area contributed by atoms with E-state index < -0.39 is 0 Å². The zero-order valence-electron chi connectivity index (χ0n) is 8.37. The molecule has 0 fully saturated rings. The molecule has 0 atom stereocenters. The lowest BCUT2D eigenvalue weighted by Crippen LogP contribution is -2.15. The van der Waals surface area contributed by atoms with E-state index in [0.29, 0.717) is 0 Å². The van der Waals surface area contributed by atoms with Crippen LogP contribution in [-0.4, -0.2) is 23.2 Å². The Balaban J connectivity index is 2.52. The summed E-state index contributed by atoms with van der Waals surface area (Å²) in [6, 6.07) is 1.85. The van der Waals surface area contributed by atoms with Crippen LogP contribution in [0.5, 0.6) is 5.75 Å². The summed E-state index contributed by atoms with van der Waals surface area (Å²) in [5, 5.41) is 0. The Kier molecular flexibility index (Phi) is 2.54. The van der Waals surface area contributed by atoms with E-state index in [2.05, 4.69) is 4.57 Å². The number of fused-ring (bicyclic) bond motifs is 1. The number of ether oxygens (including phenoxy) is 1. The van der Waals surface area contributed by atoms with Gasteiger partial charge in [-0.05, 0) is 0 Å². The molecule has 0 unspecified atom stereocenters. The van der Waals surface area contributed by atoms with E-state index in [1.807, 2.05) is 17.8 Å². The monoisotopic (exact) mass is 211 g/mol. The topological polar surface area (TPSA) is 31.2 Å². The minimum absolute atomic E-state index is 0.112. The van der Waals surface area contributed by atoms with Crippen molar-refractivity contribution >= 4 is 17.5 Å². The number of methoxy groups -OCH3 is 1. The van der Waals surface area contributed by atoms with Crippen LogP contribution >= 0.6 is 11.8 Å². The Hall–Kier alpha value is -0.900. The van der Waals surface area contributed by atoms with Crippen LogP contribution in [0.4, 0.5) is 0 Å². The number of nitrogens with zero attached hydrogens (tertiary/aromatic N) is 1. The third-order valence-corrected chi connectivity index (χ3v) is 3.40. The Morgan fingerprint density at radius 1 is 1.64 bits per heavy atom. The van der Waals surface area contributed by atoms with Crippen LogP contribution in [-0.2, 0) is 12.3 Å². The summed E-state index contributed by atoms with van der Waals surface area (Å²) in [5.41, 5.74) is 1.92. The molecule has 1 aliphatic heterocycles. The minimum Gasteiger partial charge on any atom is -0.495 e. The summed E-state index contributed by atoms with van der Waals surface area (Å²) in [6.07, 6.45) is 0. The lowest BCUT2D eigenvalue weighted by atomic mass is 10.3. The normalized spacial score (nSPS) is 15.0. The largest absolute Gasteiger partial charge is 0.495 e. The quantitative estimate of drug-likeness (QED) is 0.701. The van der Waals surface area contributed by atoms with Crippen molar-refractivity contribution < 1.29 is 9.53 Å². The highest BCUT2D eigenvalue weighted by atomic mass is 32.2. The van der Waals surface area contributed by atoms with Gasteiger partial charge in [0.25, 0.3) is 0 Å². The number of aromatic nitrogens is 1. The molecule has 0 saturated carbocycles. The molecule has 0 amide bonds. The Bertz CT molecular complexity index is 370. The summed E-state index contributed by atoms with van der Waals surface area (Å²) in [5.74, 6) is 2.98. The molecule has 4 heteroatoms. The molecule has 2 heterocycles. The summed E-state index contributed by atoms with van der Waals surface area (Å²) < 4.78 is 7.34. The molecule has 14 heavy (non-hydrogen) atoms. The van der Waals surface area contributed by atoms with E-state index in [0.717, 1.165) is 35.2 Å². The predicted molar refractivity (Wildman–Crippen MR) is 57.2 cm³/mol. The van der Waals surface area contributed by atoms with Crippen LogP contribution in [0.3, 0.4) is 0 Å². The van der Waals surface area contributed by atoms with E-state index in [4.69, 9.17) is 4.74 Å². The molecule has 0 aliphatic carbocycles. The molecule has 1 aromatic heterocycles. The third-order valence-electron chi connectivity index (χ3n) is 2.45. The molecular weight excluding hydrogens is 198 g/mol. The Morgan fingerprint density at radius 2 is 2.43 bits per heavy atom. The summed E-state index contributed by atoms with van der Waals surface area (Å²) in [6.45, 7) is 2.52. The van der Waals surface area contributed by atoms with Gasteiger partial charge in [0.15, 0.2) is 5.78 Å². The van der Waals surface area contributed by atoms with Crippen molar-refractivity contribution in [2.24, 2.45) is 0 Å². The number of Topliss-reactive ketones (excluding diaryl/α,β-unsaturated/α-hetero) is 1. The van der Waals surface area contributed by atoms with Crippen molar-refractivity contribution in [3.8, 4) is 5.75 Å². The first-order valence-electron chi connectivity index (χ1n) is 4.59. The van der Waals surface area contributed by atoms with Gasteiger partial charge in [-0.3, -0.25) is 4.79 Å². The van der Waals surface area contributed by atoms with Crippen LogP contribution in [0.2, 0.25) is 0 Å². The van der Waals surface area contributed by atoms with E-state index in [1.54, 1.807) is 14.0 Å². The second kappa shape index (κ2) is 3.69. The van der Waals surface area contributed by atoms with Gasteiger partial charge in [0.2, 0.25) is 0 Å². The zero-order valence-corrected chi connectivity index (χ0v) is 9.19. The van der Waals surface area contributed by atoms with Crippen LogP contribution < -0.4 is 4.74 Å². The van der Waals surface area contributed by atoms with E-state index in [9.17, 15) is 4.79 Å². The highest BCUT2D eigenvalue weighted by Gasteiger charge is 2.20. The lowest BCUT2D eigenvalue weighted by molar-refractivity contribution is 0.100. The number of thioether (sulfide) groups is 1. The number of rotatable bonds is 2. The van der Waals surface area contributed by atoms with E-state index >= 15 is 0 Å². The maximum absolute atomic E-state index is 11.4. The van der Waals surface area contributed by atoms with Crippen molar-refractivity contribution in [3.63, 3.8) is 0 Å². The molecule has 0 N–H and O–H groups in total. The molecule has 0 radical (unpaired) electrons. The average Bonchev–Trinajstić information content (AvgIpc) is 2.56. The van der Waals surface area contributed by atoms with Crippen LogP contribution in [0, 0.1) is 0 Å². The second-order valence-electron chi connectivity index (χ2n) is 3.31. The van der Waals surface area contributed by atoms with Crippen molar-refractivity contribution in [2.45, 2.75) is 19.2 Å². The fraction of sp³-hybridized carbons (Fsp3) is 0.500. The minimum atomic E-state index is 0.112. The van der Waals surface area contributed by atoms with Crippen molar-refractivity contribution in [1.29, 1.82) is 0 Å². The molecule has 1 aromatic rings. The highest BCUT2D eigenvalue weighted by Crippen LogP contribution is 2.31. The number of carbonyl (C=O) groups is 1. The fourth-order valence-electron chi connectivity index (χ4n) is 1.76. The molecule has 3 nitrogen and oxygen atoms in total. The highest BCUT2D eigenvalue weighted by molar-refractivity contribution is 7.98. The lowest BCUT2D eigenvalue weighted by Gasteiger charge is -2.17. The standard InChI is InChI=1S/C10H13NO2S/c1-7(12)8-5-10(13-2)9-6-14-4-3-11(8)9/h5H,3-4,6H2,1-2H3. The number of ketones is 1. The molecule has 0 saturated heterocycles. The molecule has 1 aliphatic rings. The number of carbonyl (C=O) groups excluding carboxylic acids is 1. The zero-order chi connectivity index (χ0) is 10.1. The van der Waals surface area contributed by atoms with Crippen LogP contribution in [0.1, 0.15) is 23.1 Å². The predicted octanol–water partition coefficient (Wildman–Crippen LogP) is 1.95. The Labute approximate surface area is 87.4 Å². The first-order chi connectivity index (χ1) is 6.74. The Morgan fingerprint density at radius 3 is 3.07 bits per heavy atom. The van der Waals surface area contributed by atoms with Crippen molar-refractivity contribution in [1.82, 2.24) is 4.57 Å². The van der Waals surface area contributed by atoms with Gasteiger partial charge >= 0.3 is 0 Å². The van der Waals surface area contributed by atoms with Gasteiger partial charge in [-0.25, -0.2) is 0 Å². The number of hydrogen-bond donors (Lipinski definition) is 0. The SMILES string of the molecule is COc1cc(C(C)=O)n2c1CSCC2. The van der Waals surface area contributed by atoms with Gasteiger partial charge in [-0.2, -0.15) is 11.8 Å². The molecule has 0 spiro atoms. The van der Waals surface area contributed by atoms with E-state index in [1.165, 1.54) is 0 Å². The summed E-state index contributed by atoms with van der Waals surface area (Å²) >= 11 is 1.88. The molecule has 76 valence electrons. The van der Waals surface area contributed by atoms with Gasteiger partial charge in [0.05, 0.1) is 18.5 Å². The fourth-order valence-corrected chi connectivity index (χ4v) is 2.71. The van der Waals surface area contributed by atoms with Gasteiger partial charge in [0.1, 0.15) is 5.75 Å². The van der Waals surface area contributed by atoms with Gasteiger partial charge in [-0.15, -0.1) is 0 Å². The molecule has 2 rings (SSSR count).